The van der Waals surface area contributed by atoms with E-state index in [9.17, 15) is 27.5 Å². The number of benzene rings is 2. The van der Waals surface area contributed by atoms with Gasteiger partial charge in [0, 0.05) is 23.2 Å². The second-order valence-corrected chi connectivity index (χ2v) is 8.63. The molecule has 0 aliphatic rings. The Bertz CT molecular complexity index is 1220. The second kappa shape index (κ2) is 8.70. The molecule has 1 N–H and O–H groups in total. The zero-order chi connectivity index (χ0) is 24.6. The van der Waals surface area contributed by atoms with E-state index in [2.05, 4.69) is 0 Å². The first kappa shape index (κ1) is 24.6. The topological polar surface area (TPSA) is 60.7 Å². The van der Waals surface area contributed by atoms with Gasteiger partial charge in [0.15, 0.2) is 11.0 Å². The first-order valence-electron chi connectivity index (χ1n) is 10.1. The van der Waals surface area contributed by atoms with Gasteiger partial charge in [-0.3, -0.25) is 4.79 Å². The molecule has 0 aliphatic carbocycles. The zero-order valence-corrected chi connectivity index (χ0v) is 18.7. The van der Waals surface area contributed by atoms with Crippen LogP contribution >= 0.6 is 0 Å². The summed E-state index contributed by atoms with van der Waals surface area (Å²) in [5, 5.41) is 11.1. The number of hydrogen-bond acceptors (Lipinski definition) is 4. The molecule has 178 valence electrons. The van der Waals surface area contributed by atoms with Gasteiger partial charge in [-0.15, -0.1) is 0 Å². The molecular weight excluding hydrogens is 442 g/mol. The summed E-state index contributed by atoms with van der Waals surface area (Å²) in [4.78, 5) is 12.3. The van der Waals surface area contributed by atoms with Crippen molar-refractivity contribution >= 4 is 10.9 Å². The molecule has 0 saturated carbocycles. The number of hydrogen-bond donors (Lipinski definition) is 1. The molecule has 3 rings (SSSR count). The third kappa shape index (κ3) is 4.83. The molecule has 1 atom stereocenters. The maximum Gasteiger partial charge on any atom is 0.418 e. The van der Waals surface area contributed by atoms with E-state index >= 15 is 0 Å². The summed E-state index contributed by atoms with van der Waals surface area (Å²) in [6.07, 6.45) is -4.59. The van der Waals surface area contributed by atoms with Gasteiger partial charge >= 0.3 is 6.18 Å². The molecule has 5 nitrogen and oxygen atoms in total. The summed E-state index contributed by atoms with van der Waals surface area (Å²) in [6, 6.07) is 9.15. The molecule has 0 aliphatic heterocycles. The highest BCUT2D eigenvalue weighted by atomic mass is 19.4. The Kier molecular flexibility index (Phi) is 6.48. The quantitative estimate of drug-likeness (QED) is 0.507. The number of pyridine rings is 1. The fourth-order valence-electron chi connectivity index (χ4n) is 4.12. The number of rotatable bonds is 7. The first-order chi connectivity index (χ1) is 15.3. The molecule has 0 saturated heterocycles. The molecular formula is C24H25F4NO4. The van der Waals surface area contributed by atoms with Crippen molar-refractivity contribution in [2.24, 2.45) is 0 Å². The standard InChI is InChI=1S/C24H25F4NO4/c1-22(2,18-11-15(25)5-8-21(18)33-4)13-23(31,24(26,27)28)14-29-10-9-20(30)17-12-16(32-3)6-7-19(17)29/h5-12,31H,13-14H2,1-4H3. The number of nitrogens with zero attached hydrogens (tertiary/aromatic N) is 1. The van der Waals surface area contributed by atoms with Crippen molar-refractivity contribution in [2.45, 2.75) is 44.0 Å². The summed E-state index contributed by atoms with van der Waals surface area (Å²) in [6.45, 7) is 2.09. The summed E-state index contributed by atoms with van der Waals surface area (Å²) in [7, 11) is 2.75. The van der Waals surface area contributed by atoms with E-state index in [4.69, 9.17) is 9.47 Å². The average molecular weight is 467 g/mol. The maximum atomic E-state index is 14.2. The van der Waals surface area contributed by atoms with E-state index in [1.807, 2.05) is 0 Å². The van der Waals surface area contributed by atoms with Crippen molar-refractivity contribution < 1.29 is 32.1 Å². The number of halogens is 4. The van der Waals surface area contributed by atoms with E-state index in [0.29, 0.717) is 5.75 Å². The van der Waals surface area contributed by atoms with E-state index in [1.54, 1.807) is 0 Å². The maximum absolute atomic E-state index is 14.2. The van der Waals surface area contributed by atoms with E-state index in [-0.39, 0.29) is 27.6 Å². The molecule has 0 amide bonds. The molecule has 1 heterocycles. The minimum Gasteiger partial charge on any atom is -0.497 e. The van der Waals surface area contributed by atoms with Gasteiger partial charge in [0.2, 0.25) is 0 Å². The smallest absolute Gasteiger partial charge is 0.418 e. The van der Waals surface area contributed by atoms with Crippen LogP contribution in [-0.2, 0) is 12.0 Å². The van der Waals surface area contributed by atoms with Gasteiger partial charge in [0.1, 0.15) is 17.3 Å². The van der Waals surface area contributed by atoms with Crippen LogP contribution < -0.4 is 14.9 Å². The minimum atomic E-state index is -5.02. The van der Waals surface area contributed by atoms with Crippen LogP contribution in [0.25, 0.3) is 10.9 Å². The van der Waals surface area contributed by atoms with Crippen molar-refractivity contribution in [3.05, 3.63) is 70.3 Å². The molecule has 1 aromatic heterocycles. The lowest BCUT2D eigenvalue weighted by Crippen LogP contribution is -2.52. The first-order valence-corrected chi connectivity index (χ1v) is 10.1. The lowest BCUT2D eigenvalue weighted by Gasteiger charge is -2.39. The Hall–Kier alpha value is -3.07. The van der Waals surface area contributed by atoms with Crippen LogP contribution in [0.3, 0.4) is 0 Å². The SMILES string of the molecule is COc1ccc2c(c1)c(=O)ccn2CC(O)(CC(C)(C)c1cc(F)ccc1OC)C(F)(F)F. The summed E-state index contributed by atoms with van der Waals surface area (Å²) in [5.74, 6) is -0.0376. The van der Waals surface area contributed by atoms with Gasteiger partial charge in [0.05, 0.1) is 26.3 Å². The van der Waals surface area contributed by atoms with Gasteiger partial charge in [-0.2, -0.15) is 13.2 Å². The van der Waals surface area contributed by atoms with Gasteiger partial charge < -0.3 is 19.1 Å². The highest BCUT2D eigenvalue weighted by molar-refractivity contribution is 5.80. The van der Waals surface area contributed by atoms with Crippen LogP contribution in [0, 0.1) is 5.82 Å². The number of aromatic nitrogens is 1. The van der Waals surface area contributed by atoms with Crippen LogP contribution in [-0.4, -0.2) is 35.7 Å². The summed E-state index contributed by atoms with van der Waals surface area (Å²) in [5.41, 5.74) is -4.50. The molecule has 9 heteroatoms. The Labute approximate surface area is 188 Å². The molecule has 2 aromatic carbocycles. The fourth-order valence-corrected chi connectivity index (χ4v) is 4.12. The van der Waals surface area contributed by atoms with Crippen molar-refractivity contribution in [1.82, 2.24) is 4.57 Å². The lowest BCUT2D eigenvalue weighted by molar-refractivity contribution is -0.271. The van der Waals surface area contributed by atoms with Gasteiger partial charge in [-0.1, -0.05) is 13.8 Å². The lowest BCUT2D eigenvalue weighted by atomic mass is 9.74. The highest BCUT2D eigenvalue weighted by Gasteiger charge is 2.56. The van der Waals surface area contributed by atoms with Crippen LogP contribution in [0.4, 0.5) is 17.6 Å². The predicted octanol–water partition coefficient (Wildman–Crippen LogP) is 4.82. The fraction of sp³-hybridized carbons (Fsp3) is 0.375. The van der Waals surface area contributed by atoms with Crippen molar-refractivity contribution in [2.75, 3.05) is 14.2 Å². The predicted molar refractivity (Wildman–Crippen MR) is 116 cm³/mol. The van der Waals surface area contributed by atoms with Gasteiger partial charge in [-0.05, 0) is 48.2 Å². The molecule has 33 heavy (non-hydrogen) atoms. The third-order valence-corrected chi connectivity index (χ3v) is 5.77. The van der Waals surface area contributed by atoms with E-state index in [0.717, 1.165) is 18.2 Å². The van der Waals surface area contributed by atoms with Crippen LogP contribution in [0.15, 0.2) is 53.5 Å². The van der Waals surface area contributed by atoms with Gasteiger partial charge in [-0.25, -0.2) is 4.39 Å². The van der Waals surface area contributed by atoms with Crippen LogP contribution in [0.2, 0.25) is 0 Å². The number of ether oxygens (including phenoxy) is 2. The minimum absolute atomic E-state index is 0.160. The zero-order valence-electron chi connectivity index (χ0n) is 18.7. The average Bonchev–Trinajstić information content (AvgIpc) is 2.74. The van der Waals surface area contributed by atoms with Crippen LogP contribution in [0.1, 0.15) is 25.8 Å². The Morgan fingerprint density at radius 1 is 1.00 bits per heavy atom. The number of methoxy groups -OCH3 is 2. The molecule has 0 fully saturated rings. The molecule has 1 unspecified atom stereocenters. The van der Waals surface area contributed by atoms with Crippen molar-refractivity contribution in [3.8, 4) is 11.5 Å². The highest BCUT2D eigenvalue weighted by Crippen LogP contribution is 2.44. The number of aliphatic hydroxyl groups is 1. The normalized spacial score (nSPS) is 14.2. The Morgan fingerprint density at radius 2 is 1.70 bits per heavy atom. The Balaban J connectivity index is 2.09. The van der Waals surface area contributed by atoms with Gasteiger partial charge in [0.25, 0.3) is 0 Å². The van der Waals surface area contributed by atoms with Crippen molar-refractivity contribution in [1.29, 1.82) is 0 Å². The summed E-state index contributed by atoms with van der Waals surface area (Å²) >= 11 is 0. The molecule has 0 radical (unpaired) electrons. The summed E-state index contributed by atoms with van der Waals surface area (Å²) < 4.78 is 68.2. The second-order valence-electron chi connectivity index (χ2n) is 8.63. The van der Waals surface area contributed by atoms with Crippen molar-refractivity contribution in [3.63, 3.8) is 0 Å². The van der Waals surface area contributed by atoms with E-state index in [1.165, 1.54) is 63.1 Å². The Morgan fingerprint density at radius 3 is 2.30 bits per heavy atom. The largest absolute Gasteiger partial charge is 0.497 e. The monoisotopic (exact) mass is 467 g/mol. The third-order valence-electron chi connectivity index (χ3n) is 5.77. The van der Waals surface area contributed by atoms with Crippen LogP contribution in [0.5, 0.6) is 11.5 Å². The molecule has 0 bridgehead atoms. The molecule has 0 spiro atoms. The van der Waals surface area contributed by atoms with E-state index < -0.39 is 36.0 Å². The molecule has 3 aromatic rings. The number of alkyl halides is 3. The number of fused-ring (bicyclic) bond motifs is 1.